The van der Waals surface area contributed by atoms with E-state index in [2.05, 4.69) is 87.3 Å². The number of hydrogen-bond donors (Lipinski definition) is 15. The zero-order valence-electron chi connectivity index (χ0n) is 70.8. The molecule has 0 saturated heterocycles. The fraction of sp³-hybridized carbons (Fsp3) is 0.156. The van der Waals surface area contributed by atoms with Crippen LogP contribution in [0, 0.1) is 6.92 Å². The van der Waals surface area contributed by atoms with Crippen LogP contribution in [0.5, 0.6) is 23.0 Å². The second-order valence-electron chi connectivity index (χ2n) is 26.0. The van der Waals surface area contributed by atoms with E-state index in [-0.39, 0.29) is 49.8 Å². The number of nitrogens with one attached hydrogen (secondary N) is 1. The van der Waals surface area contributed by atoms with Gasteiger partial charge in [-0.2, -0.15) is 0 Å². The van der Waals surface area contributed by atoms with Crippen molar-refractivity contribution in [1.29, 1.82) is 0 Å². The van der Waals surface area contributed by atoms with Crippen molar-refractivity contribution < 1.29 is 151 Å². The van der Waals surface area contributed by atoms with Gasteiger partial charge in [0.15, 0.2) is 5.78 Å². The number of aryl methyl sites for hydroxylation is 1. The molecule has 0 spiro atoms. The summed E-state index contributed by atoms with van der Waals surface area (Å²) >= 11 is 0. The SMILES string of the molecule is C=CC(=O)Cc1cccc(B(O)O)c1.C=CC(=O)OCCCCOc1ccc(C(=O)Oc2ccc(B(O)O)cc2)cc1.C=CC(=O)OCCCCOc1cccc(B(O)O)c1.C=CC(=O)OCCNC(=O)Oc1cccc(B(O)O)c1.C=CC(=O)OCc1ccc(B(O)O)cc1.C=CC(=O)OCc1cccc(B(O)O)c1.C=Cc1ccc(C)cc1.OB(O)c1ccccc1. The molecule has 32 nitrogen and oxygen atoms in total. The van der Waals surface area contributed by atoms with Crippen LogP contribution in [0.2, 0.25) is 0 Å². The maximum atomic E-state index is 12.1. The first-order chi connectivity index (χ1) is 61.7. The lowest BCUT2D eigenvalue weighted by Crippen LogP contribution is -2.32. The summed E-state index contributed by atoms with van der Waals surface area (Å²) in [5, 5.41) is 127. The Morgan fingerprint density at radius 3 is 1.12 bits per heavy atom. The normalized spacial score (nSPS) is 9.60. The minimum absolute atomic E-state index is 0.00462. The van der Waals surface area contributed by atoms with E-state index in [0.717, 1.165) is 47.9 Å². The van der Waals surface area contributed by atoms with Gasteiger partial charge in [-0.25, -0.2) is 33.6 Å². The fourth-order valence-corrected chi connectivity index (χ4v) is 9.34. The molecule has 1 amide bonds. The molecule has 9 aromatic carbocycles. The molecule has 0 aliphatic rings. The van der Waals surface area contributed by atoms with Crippen molar-refractivity contribution in [3.05, 3.63) is 340 Å². The highest BCUT2D eigenvalue weighted by Gasteiger charge is 2.18. The van der Waals surface area contributed by atoms with Crippen molar-refractivity contribution in [3.63, 3.8) is 0 Å². The van der Waals surface area contributed by atoms with Gasteiger partial charge in [0.2, 0.25) is 0 Å². The monoisotopic (exact) mass is 1770 g/mol. The second-order valence-corrected chi connectivity index (χ2v) is 26.0. The minimum atomic E-state index is -1.64. The summed E-state index contributed by atoms with van der Waals surface area (Å²) in [6.45, 7) is 27.4. The molecular weight excluding hydrogens is 1670 g/mol. The molecule has 0 bridgehead atoms. The molecule has 0 aromatic heterocycles. The fourth-order valence-electron chi connectivity index (χ4n) is 9.34. The van der Waals surface area contributed by atoms with Crippen LogP contribution in [-0.4, -0.2) is 207 Å². The first kappa shape index (κ1) is 111. The van der Waals surface area contributed by atoms with Crippen molar-refractivity contribution in [3.8, 4) is 23.0 Å². The third-order valence-corrected chi connectivity index (χ3v) is 16.1. The van der Waals surface area contributed by atoms with Crippen LogP contribution in [0.25, 0.3) is 6.08 Å². The Labute approximate surface area is 749 Å². The molecule has 9 aromatic rings. The number of carbonyl (C=O) groups excluding carboxylic acids is 8. The van der Waals surface area contributed by atoms with Gasteiger partial charge in [0.25, 0.3) is 0 Å². The number of esters is 6. The minimum Gasteiger partial charge on any atom is -0.494 e. The summed E-state index contributed by atoms with van der Waals surface area (Å²) in [4.78, 5) is 88.4. The lowest BCUT2D eigenvalue weighted by atomic mass is 9.79. The van der Waals surface area contributed by atoms with Crippen LogP contribution in [-0.2, 0) is 72.1 Å². The van der Waals surface area contributed by atoms with Gasteiger partial charge in [0, 0.05) is 36.8 Å². The van der Waals surface area contributed by atoms with E-state index in [9.17, 15) is 38.4 Å². The molecule has 39 heteroatoms. The first-order valence-electron chi connectivity index (χ1n) is 39.2. The Hall–Kier alpha value is -13.6. The van der Waals surface area contributed by atoms with Gasteiger partial charge in [-0.15, -0.1) is 0 Å². The summed E-state index contributed by atoms with van der Waals surface area (Å²) in [6, 6.07) is 61.3. The van der Waals surface area contributed by atoms with Gasteiger partial charge in [-0.1, -0.05) is 221 Å². The Balaban J connectivity index is 0.000000511. The van der Waals surface area contributed by atoms with Crippen LogP contribution < -0.4 is 62.5 Å². The standard InChI is InChI=1S/C20H21BO7.C13H17BO5.C12H14BNO6.2C10H11BO4.C10H11BO3.C9H10.C6H7BO2/c1-2-19(22)27-14-4-3-13-26-17-9-5-15(6-10-17)20(23)28-18-11-7-16(8-12-18)21(24)25;1-2-13(15)19-9-4-3-8-18-12-7-5-6-11(10-12)14(16)17;1-2-11(15)19-7-6-14-12(16)20-10-5-3-4-9(8-10)13(17)18;1-2-10(12)15-7-8-3-5-9(6-4-8)11(13)14;1-2-10(12)15-7-8-4-3-5-9(6-8)11(13)14;1-2-10(12)7-8-4-3-5-9(6-8)11(13)14;1-3-9-6-4-8(2)5-7-9;8-7(9)6-4-2-1-3-5-6/h2,5-12,24-25H,1,3-4,13-14H2;2,5-7,10,16-17H,1,3-4,8-9H2;2-5,8,17-18H,1,6-7H2,(H,14,16);2*2-6,13-14H,1,7H2;2-6,13-14H,1,7H2;3-7H,1H2,2H3;1-5,8-9H. The maximum Gasteiger partial charge on any atom is 0.488 e. The molecule has 674 valence electrons. The molecule has 0 saturated carbocycles. The van der Waals surface area contributed by atoms with Gasteiger partial charge in [0.05, 0.1) is 38.5 Å². The lowest BCUT2D eigenvalue weighted by molar-refractivity contribution is -0.139. The number of amides is 1. The van der Waals surface area contributed by atoms with E-state index < -0.39 is 91.7 Å². The van der Waals surface area contributed by atoms with Crippen molar-refractivity contribution in [2.45, 2.75) is 52.2 Å². The Morgan fingerprint density at radius 1 is 0.318 bits per heavy atom. The van der Waals surface area contributed by atoms with Crippen LogP contribution in [0.4, 0.5) is 4.79 Å². The van der Waals surface area contributed by atoms with Gasteiger partial charge in [-0.05, 0) is 160 Å². The van der Waals surface area contributed by atoms with Crippen LogP contribution in [0.15, 0.2) is 307 Å². The Bertz CT molecular complexity index is 4910. The van der Waals surface area contributed by atoms with Crippen molar-refractivity contribution >= 4 is 142 Å². The van der Waals surface area contributed by atoms with E-state index in [4.69, 9.17) is 108 Å². The molecule has 129 heavy (non-hydrogen) atoms. The zero-order valence-corrected chi connectivity index (χ0v) is 70.8. The summed E-state index contributed by atoms with van der Waals surface area (Å²) < 4.78 is 45.1. The number of ether oxygens (including phenoxy) is 9. The number of allylic oxidation sites excluding steroid dienone is 1. The van der Waals surface area contributed by atoms with Crippen molar-refractivity contribution in [2.75, 3.05) is 39.6 Å². The number of ketones is 1. The van der Waals surface area contributed by atoms with Crippen LogP contribution >= 0.6 is 0 Å². The van der Waals surface area contributed by atoms with Crippen LogP contribution in [0.3, 0.4) is 0 Å². The Morgan fingerprint density at radius 2 is 0.682 bits per heavy atom. The number of hydrogen-bond acceptors (Lipinski definition) is 31. The molecule has 0 atom stereocenters. The molecule has 0 radical (unpaired) electrons. The van der Waals surface area contributed by atoms with Gasteiger partial charge >= 0.3 is 91.7 Å². The smallest absolute Gasteiger partial charge is 0.488 e. The largest absolute Gasteiger partial charge is 0.494 e. The second kappa shape index (κ2) is 65.9. The van der Waals surface area contributed by atoms with E-state index in [0.29, 0.717) is 107 Å². The van der Waals surface area contributed by atoms with Gasteiger partial charge in [-0.3, -0.25) is 4.79 Å². The Kier molecular flexibility index (Phi) is 57.0. The zero-order chi connectivity index (χ0) is 95.9. The molecule has 15 N–H and O–H groups in total. The van der Waals surface area contributed by atoms with E-state index in [1.165, 1.54) is 65.7 Å². The van der Waals surface area contributed by atoms with Gasteiger partial charge in [0.1, 0.15) is 42.8 Å². The molecule has 9 rings (SSSR count). The summed E-state index contributed by atoms with van der Waals surface area (Å²) in [5.41, 5.74) is 7.61. The quantitative estimate of drug-likeness (QED) is 0.00655. The molecular formula is C90H102B7NO31. The number of benzene rings is 9. The highest BCUT2D eigenvalue weighted by Crippen LogP contribution is 2.17. The molecule has 0 aliphatic heterocycles. The summed E-state index contributed by atoms with van der Waals surface area (Å²) in [5.74, 6) is -1.41. The average molecular weight is 1770 g/mol. The van der Waals surface area contributed by atoms with Crippen molar-refractivity contribution in [2.24, 2.45) is 0 Å². The summed E-state index contributed by atoms with van der Waals surface area (Å²) in [6.07, 6.45) is 10.8. The number of rotatable bonds is 38. The third-order valence-electron chi connectivity index (χ3n) is 16.1. The molecule has 0 heterocycles. The molecule has 0 aliphatic carbocycles. The highest BCUT2D eigenvalue weighted by molar-refractivity contribution is 6.61. The highest BCUT2D eigenvalue weighted by atomic mass is 16.6. The predicted molar refractivity (Wildman–Crippen MR) is 492 cm³/mol. The van der Waals surface area contributed by atoms with E-state index in [1.54, 1.807) is 146 Å². The first-order valence-corrected chi connectivity index (χ1v) is 39.2. The number of unbranched alkanes of at least 4 members (excludes halogenated alkanes) is 2. The topological polar surface area (TPSA) is 515 Å². The lowest BCUT2D eigenvalue weighted by Gasteiger charge is -2.08. The maximum absolute atomic E-state index is 12.1. The van der Waals surface area contributed by atoms with Crippen molar-refractivity contribution in [1.82, 2.24) is 5.32 Å². The van der Waals surface area contributed by atoms with Gasteiger partial charge < -0.3 is 118 Å². The van der Waals surface area contributed by atoms with Crippen LogP contribution in [0.1, 0.15) is 63.9 Å². The molecule has 0 fully saturated rings. The van der Waals surface area contributed by atoms with E-state index in [1.807, 2.05) is 12.1 Å². The predicted octanol–water partition coefficient (Wildman–Crippen LogP) is 1.77. The van der Waals surface area contributed by atoms with E-state index >= 15 is 0 Å². The summed E-state index contributed by atoms with van der Waals surface area (Å²) in [7, 11) is -10.5. The average Bonchev–Trinajstić information content (AvgIpc) is 0.894. The number of carbonyl (C=O) groups is 8. The molecule has 0 unspecified atom stereocenters. The third kappa shape index (κ3) is 51.6.